The van der Waals surface area contributed by atoms with Crippen LogP contribution in [0, 0.1) is 0 Å². The van der Waals surface area contributed by atoms with Crippen molar-refractivity contribution >= 4 is 5.91 Å². The minimum atomic E-state index is -0.408. The number of hydrogen-bond donors (Lipinski definition) is 3. The Hall–Kier alpha value is -0.610. The zero-order chi connectivity index (χ0) is 11.4. The second-order valence-corrected chi connectivity index (χ2v) is 5.19. The van der Waals surface area contributed by atoms with Crippen LogP contribution < -0.4 is 10.6 Å². The number of aliphatic hydroxyl groups excluding tert-OH is 1. The lowest BCUT2D eigenvalue weighted by atomic mass is 10.1. The topological polar surface area (TPSA) is 61.4 Å². The van der Waals surface area contributed by atoms with Crippen LogP contribution in [-0.4, -0.2) is 35.2 Å². The summed E-state index contributed by atoms with van der Waals surface area (Å²) in [4.78, 5) is 11.4. The fourth-order valence-electron chi connectivity index (χ4n) is 0.838. The van der Waals surface area contributed by atoms with E-state index in [0.717, 1.165) is 0 Å². The monoisotopic (exact) mass is 202 g/mol. The first-order valence-corrected chi connectivity index (χ1v) is 4.83. The summed E-state index contributed by atoms with van der Waals surface area (Å²) in [5.41, 5.74) is -0.614. The molecular formula is C10H22N2O2. The van der Waals surface area contributed by atoms with Crippen molar-refractivity contribution in [3.63, 3.8) is 0 Å². The molecule has 0 saturated carbocycles. The summed E-state index contributed by atoms with van der Waals surface area (Å²) in [5, 5.41) is 14.7. The lowest BCUT2D eigenvalue weighted by Crippen LogP contribution is -2.50. The van der Waals surface area contributed by atoms with Gasteiger partial charge in [0.15, 0.2) is 0 Å². The van der Waals surface area contributed by atoms with Gasteiger partial charge in [0.1, 0.15) is 0 Å². The van der Waals surface area contributed by atoms with Gasteiger partial charge < -0.3 is 15.7 Å². The second kappa shape index (κ2) is 4.75. The summed E-state index contributed by atoms with van der Waals surface area (Å²) in [5.74, 6) is -0.0565. The number of rotatable bonds is 4. The van der Waals surface area contributed by atoms with E-state index in [1.165, 1.54) is 0 Å². The Morgan fingerprint density at radius 1 is 1.21 bits per heavy atom. The zero-order valence-corrected chi connectivity index (χ0v) is 9.77. The molecule has 14 heavy (non-hydrogen) atoms. The first-order valence-electron chi connectivity index (χ1n) is 4.83. The molecule has 0 saturated heterocycles. The Morgan fingerprint density at radius 3 is 2.07 bits per heavy atom. The third-order valence-electron chi connectivity index (χ3n) is 1.64. The van der Waals surface area contributed by atoms with E-state index in [2.05, 4.69) is 10.6 Å². The molecule has 0 aromatic rings. The summed E-state index contributed by atoms with van der Waals surface area (Å²) < 4.78 is 0. The van der Waals surface area contributed by atoms with Crippen LogP contribution in [0.3, 0.4) is 0 Å². The molecule has 0 aromatic heterocycles. The van der Waals surface area contributed by atoms with Crippen molar-refractivity contribution in [2.24, 2.45) is 0 Å². The molecule has 0 atom stereocenters. The van der Waals surface area contributed by atoms with Crippen LogP contribution >= 0.6 is 0 Å². The number of aliphatic hydroxyl groups is 1. The third-order valence-corrected chi connectivity index (χ3v) is 1.64. The number of amides is 1. The Balaban J connectivity index is 3.87. The fourth-order valence-corrected chi connectivity index (χ4v) is 0.838. The molecule has 4 nitrogen and oxygen atoms in total. The van der Waals surface area contributed by atoms with Gasteiger partial charge in [-0.3, -0.25) is 4.79 Å². The molecule has 0 bridgehead atoms. The zero-order valence-electron chi connectivity index (χ0n) is 9.77. The van der Waals surface area contributed by atoms with Gasteiger partial charge in [-0.15, -0.1) is 0 Å². The fraction of sp³-hybridized carbons (Fsp3) is 0.900. The summed E-state index contributed by atoms with van der Waals surface area (Å²) >= 11 is 0. The Labute approximate surface area is 86.1 Å². The molecule has 0 unspecified atom stereocenters. The smallest absolute Gasteiger partial charge is 0.234 e. The van der Waals surface area contributed by atoms with Gasteiger partial charge in [0, 0.05) is 11.1 Å². The average molecular weight is 202 g/mol. The molecule has 0 aromatic carbocycles. The molecule has 3 N–H and O–H groups in total. The van der Waals surface area contributed by atoms with Gasteiger partial charge in [-0.25, -0.2) is 0 Å². The number of carbonyl (C=O) groups excluding carboxylic acids is 1. The maximum Gasteiger partial charge on any atom is 0.234 e. The minimum Gasteiger partial charge on any atom is -0.394 e. The Bertz CT molecular complexity index is 195. The Morgan fingerprint density at radius 2 is 1.71 bits per heavy atom. The van der Waals surface area contributed by atoms with Crippen molar-refractivity contribution in [1.29, 1.82) is 0 Å². The molecule has 0 aliphatic rings. The largest absolute Gasteiger partial charge is 0.394 e. The van der Waals surface area contributed by atoms with Crippen LogP contribution in [-0.2, 0) is 4.79 Å². The highest BCUT2D eigenvalue weighted by Crippen LogP contribution is 2.00. The molecule has 0 aliphatic heterocycles. The van der Waals surface area contributed by atoms with E-state index in [1.807, 2.05) is 34.6 Å². The van der Waals surface area contributed by atoms with Gasteiger partial charge in [-0.05, 0) is 34.6 Å². The van der Waals surface area contributed by atoms with E-state index in [0.29, 0.717) is 0 Å². The first kappa shape index (κ1) is 13.4. The molecule has 0 spiro atoms. The van der Waals surface area contributed by atoms with Crippen molar-refractivity contribution in [1.82, 2.24) is 10.6 Å². The molecule has 0 fully saturated rings. The van der Waals surface area contributed by atoms with Crippen LogP contribution in [0.4, 0.5) is 0 Å². The van der Waals surface area contributed by atoms with Gasteiger partial charge in [0.25, 0.3) is 0 Å². The number of hydrogen-bond acceptors (Lipinski definition) is 3. The quantitative estimate of drug-likeness (QED) is 0.613. The Kier molecular flexibility index (Phi) is 4.55. The summed E-state index contributed by atoms with van der Waals surface area (Å²) in [7, 11) is 0. The highest BCUT2D eigenvalue weighted by atomic mass is 16.3. The van der Waals surface area contributed by atoms with E-state index in [1.54, 1.807) is 0 Å². The van der Waals surface area contributed by atoms with Gasteiger partial charge in [-0.2, -0.15) is 0 Å². The van der Waals surface area contributed by atoms with Crippen molar-refractivity contribution in [2.45, 2.75) is 45.7 Å². The summed E-state index contributed by atoms with van der Waals surface area (Å²) in [6, 6.07) is 0. The highest BCUT2D eigenvalue weighted by Gasteiger charge is 2.18. The van der Waals surface area contributed by atoms with Gasteiger partial charge in [0.2, 0.25) is 5.91 Å². The molecular weight excluding hydrogens is 180 g/mol. The average Bonchev–Trinajstić information content (AvgIpc) is 1.98. The molecule has 84 valence electrons. The molecule has 0 rings (SSSR count). The maximum absolute atomic E-state index is 11.4. The SMILES string of the molecule is CC(C)(C)NC(=O)CNC(C)(C)CO. The molecule has 0 heterocycles. The van der Waals surface area contributed by atoms with Crippen molar-refractivity contribution in [2.75, 3.05) is 13.2 Å². The number of carbonyl (C=O) groups is 1. The lowest BCUT2D eigenvalue weighted by molar-refractivity contribution is -0.122. The standard InChI is InChI=1S/C10H22N2O2/c1-9(2,3)12-8(14)6-11-10(4,5)7-13/h11,13H,6-7H2,1-5H3,(H,12,14). The molecule has 0 aliphatic carbocycles. The van der Waals surface area contributed by atoms with Crippen molar-refractivity contribution in [3.8, 4) is 0 Å². The van der Waals surface area contributed by atoms with E-state index >= 15 is 0 Å². The van der Waals surface area contributed by atoms with Crippen molar-refractivity contribution in [3.05, 3.63) is 0 Å². The molecule has 0 radical (unpaired) electrons. The second-order valence-electron chi connectivity index (χ2n) is 5.19. The number of nitrogens with one attached hydrogen (secondary N) is 2. The van der Waals surface area contributed by atoms with E-state index in [4.69, 9.17) is 5.11 Å². The van der Waals surface area contributed by atoms with Gasteiger partial charge in [0.05, 0.1) is 13.2 Å². The predicted octanol–water partition coefficient (Wildman–Crippen LogP) is 0.262. The maximum atomic E-state index is 11.4. The van der Waals surface area contributed by atoms with Crippen LogP contribution in [0.5, 0.6) is 0 Å². The minimum absolute atomic E-state index is 0.00972. The van der Waals surface area contributed by atoms with Crippen LogP contribution in [0.2, 0.25) is 0 Å². The molecule has 1 amide bonds. The molecule has 4 heteroatoms. The van der Waals surface area contributed by atoms with E-state index in [9.17, 15) is 4.79 Å². The van der Waals surface area contributed by atoms with Crippen LogP contribution in [0.1, 0.15) is 34.6 Å². The third kappa shape index (κ3) is 6.86. The first-order chi connectivity index (χ1) is 6.16. The van der Waals surface area contributed by atoms with E-state index < -0.39 is 5.54 Å². The highest BCUT2D eigenvalue weighted by molar-refractivity contribution is 5.78. The van der Waals surface area contributed by atoms with E-state index in [-0.39, 0.29) is 24.6 Å². The van der Waals surface area contributed by atoms with Crippen LogP contribution in [0.25, 0.3) is 0 Å². The predicted molar refractivity (Wildman–Crippen MR) is 57.1 cm³/mol. The normalized spacial score (nSPS) is 12.7. The van der Waals surface area contributed by atoms with Gasteiger partial charge in [-0.1, -0.05) is 0 Å². The van der Waals surface area contributed by atoms with Crippen molar-refractivity contribution < 1.29 is 9.90 Å². The van der Waals surface area contributed by atoms with Gasteiger partial charge >= 0.3 is 0 Å². The lowest BCUT2D eigenvalue weighted by Gasteiger charge is -2.25. The van der Waals surface area contributed by atoms with Crippen LogP contribution in [0.15, 0.2) is 0 Å². The summed E-state index contributed by atoms with van der Waals surface area (Å²) in [6.45, 7) is 9.72. The summed E-state index contributed by atoms with van der Waals surface area (Å²) in [6.07, 6.45) is 0.